The second-order valence-corrected chi connectivity index (χ2v) is 9.79. The van der Waals surface area contributed by atoms with E-state index < -0.39 is 0 Å². The minimum absolute atomic E-state index is 0.107. The van der Waals surface area contributed by atoms with Gasteiger partial charge in [-0.1, -0.05) is 104 Å². The molecule has 2 aliphatic rings. The predicted molar refractivity (Wildman–Crippen MR) is 148 cm³/mol. The molecule has 2 heteroatoms. The van der Waals surface area contributed by atoms with Crippen LogP contribution in [-0.4, -0.2) is 12.9 Å². The summed E-state index contributed by atoms with van der Waals surface area (Å²) in [5, 5.41) is 0. The van der Waals surface area contributed by atoms with Crippen molar-refractivity contribution in [1.82, 2.24) is 0 Å². The highest BCUT2D eigenvalue weighted by atomic mass is 16.5. The monoisotopic (exact) mass is 474 g/mol. The van der Waals surface area contributed by atoms with Gasteiger partial charge in [-0.25, -0.2) is 0 Å². The molecule has 0 saturated heterocycles. The number of Topliss-reactive ketones (excluding diaryl/α,β-unsaturated/α-hetero) is 1. The van der Waals surface area contributed by atoms with Gasteiger partial charge in [0.2, 0.25) is 0 Å². The Hall–Kier alpha value is -3.65. The Kier molecular flexibility index (Phi) is 7.32. The fraction of sp³-hybridized carbons (Fsp3) is 0.265. The van der Waals surface area contributed by atoms with Crippen LogP contribution in [0.4, 0.5) is 0 Å². The Morgan fingerprint density at radius 3 is 2.44 bits per heavy atom. The summed E-state index contributed by atoms with van der Waals surface area (Å²) in [6.45, 7) is 2.21. The molecular formula is C34H34O2. The van der Waals surface area contributed by atoms with E-state index in [4.69, 9.17) is 4.74 Å². The van der Waals surface area contributed by atoms with E-state index in [0.717, 1.165) is 25.0 Å². The number of allylic oxidation sites excluding steroid dienone is 6. The molecule has 3 atom stereocenters. The number of benzene rings is 3. The molecule has 0 aromatic heterocycles. The third-order valence-electron chi connectivity index (χ3n) is 7.76. The smallest absolute Gasteiger partial charge is 0.140 e. The molecule has 0 N–H and O–H groups in total. The Labute approximate surface area is 215 Å². The van der Waals surface area contributed by atoms with Crippen LogP contribution in [0, 0.1) is 5.92 Å². The minimum Gasteiger partial charge on any atom is -0.497 e. The zero-order valence-electron chi connectivity index (χ0n) is 21.2. The van der Waals surface area contributed by atoms with Gasteiger partial charge in [0.05, 0.1) is 7.11 Å². The van der Waals surface area contributed by atoms with E-state index in [1.165, 1.54) is 33.4 Å². The van der Waals surface area contributed by atoms with Crippen molar-refractivity contribution in [2.24, 2.45) is 5.92 Å². The summed E-state index contributed by atoms with van der Waals surface area (Å²) in [4.78, 5) is 13.7. The van der Waals surface area contributed by atoms with Crippen molar-refractivity contribution in [1.29, 1.82) is 0 Å². The Morgan fingerprint density at radius 2 is 1.69 bits per heavy atom. The molecule has 2 nitrogen and oxygen atoms in total. The summed E-state index contributed by atoms with van der Waals surface area (Å²) < 4.78 is 5.36. The molecule has 36 heavy (non-hydrogen) atoms. The van der Waals surface area contributed by atoms with Gasteiger partial charge < -0.3 is 4.74 Å². The van der Waals surface area contributed by atoms with E-state index in [-0.39, 0.29) is 17.8 Å². The van der Waals surface area contributed by atoms with Crippen LogP contribution < -0.4 is 4.74 Å². The average Bonchev–Trinajstić information content (AvgIpc) is 3.60. The van der Waals surface area contributed by atoms with E-state index in [1.54, 1.807) is 7.11 Å². The average molecular weight is 475 g/mol. The molecule has 3 unspecified atom stereocenters. The quantitative estimate of drug-likeness (QED) is 0.313. The number of ether oxygens (including phenoxy) is 1. The highest BCUT2D eigenvalue weighted by molar-refractivity contribution is 5.88. The molecule has 2 aliphatic carbocycles. The summed E-state index contributed by atoms with van der Waals surface area (Å²) in [6.07, 6.45) is 12.1. The van der Waals surface area contributed by atoms with Crippen molar-refractivity contribution in [3.05, 3.63) is 131 Å². The first kappa shape index (κ1) is 24.1. The lowest BCUT2D eigenvalue weighted by atomic mass is 9.82. The first-order chi connectivity index (χ1) is 17.7. The van der Waals surface area contributed by atoms with E-state index >= 15 is 0 Å². The van der Waals surface area contributed by atoms with Crippen LogP contribution in [-0.2, 0) is 11.2 Å². The van der Waals surface area contributed by atoms with Gasteiger partial charge in [0.1, 0.15) is 11.5 Å². The molecule has 3 aromatic carbocycles. The Bertz CT molecular complexity index is 1290. The van der Waals surface area contributed by atoms with Gasteiger partial charge in [0.25, 0.3) is 0 Å². The van der Waals surface area contributed by atoms with Crippen molar-refractivity contribution < 1.29 is 9.53 Å². The lowest BCUT2D eigenvalue weighted by Gasteiger charge is -2.21. The normalized spacial score (nSPS) is 20.8. The SMILES string of the molecule is CCc1ccccc1C1C=CC=C1CCC(=O)C1C=C(c2ccccc2)CC1c1ccc(OC)cc1. The number of carbonyl (C=O) groups excluding carboxylic acids is 1. The number of carbonyl (C=O) groups is 1. The van der Waals surface area contributed by atoms with Crippen molar-refractivity contribution in [2.75, 3.05) is 7.11 Å². The highest BCUT2D eigenvalue weighted by Crippen LogP contribution is 2.44. The first-order valence-corrected chi connectivity index (χ1v) is 13.1. The van der Waals surface area contributed by atoms with Crippen molar-refractivity contribution in [3.8, 4) is 5.75 Å². The minimum atomic E-state index is -0.107. The lowest BCUT2D eigenvalue weighted by molar-refractivity contribution is -0.121. The van der Waals surface area contributed by atoms with Crippen LogP contribution in [0.5, 0.6) is 5.75 Å². The zero-order chi connectivity index (χ0) is 24.9. The highest BCUT2D eigenvalue weighted by Gasteiger charge is 2.34. The molecule has 0 amide bonds. The van der Waals surface area contributed by atoms with Crippen LogP contribution >= 0.6 is 0 Å². The summed E-state index contributed by atoms with van der Waals surface area (Å²) >= 11 is 0. The van der Waals surface area contributed by atoms with Gasteiger partial charge >= 0.3 is 0 Å². The molecule has 0 radical (unpaired) electrons. The maximum atomic E-state index is 13.7. The molecule has 0 bridgehead atoms. The molecule has 5 rings (SSSR count). The molecule has 0 aliphatic heterocycles. The summed E-state index contributed by atoms with van der Waals surface area (Å²) in [6, 6.07) is 27.4. The van der Waals surface area contributed by atoms with Crippen molar-refractivity contribution in [2.45, 2.75) is 44.4 Å². The molecule has 0 heterocycles. The van der Waals surface area contributed by atoms with Gasteiger partial charge in [0, 0.05) is 24.2 Å². The third-order valence-corrected chi connectivity index (χ3v) is 7.76. The van der Waals surface area contributed by atoms with Crippen LogP contribution in [0.2, 0.25) is 0 Å². The van der Waals surface area contributed by atoms with E-state index in [9.17, 15) is 4.79 Å². The van der Waals surface area contributed by atoms with Gasteiger partial charge in [-0.3, -0.25) is 4.79 Å². The fourth-order valence-electron chi connectivity index (χ4n) is 5.78. The second-order valence-electron chi connectivity index (χ2n) is 9.79. The molecule has 182 valence electrons. The summed E-state index contributed by atoms with van der Waals surface area (Å²) in [5.74, 6) is 1.51. The molecule has 0 fully saturated rings. The third kappa shape index (κ3) is 4.99. The Balaban J connectivity index is 1.35. The van der Waals surface area contributed by atoms with Crippen LogP contribution in [0.25, 0.3) is 5.57 Å². The fourth-order valence-corrected chi connectivity index (χ4v) is 5.78. The number of rotatable bonds is 9. The molecule has 3 aromatic rings. The first-order valence-electron chi connectivity index (χ1n) is 13.1. The van der Waals surface area contributed by atoms with Gasteiger partial charge in [-0.05, 0) is 59.2 Å². The summed E-state index contributed by atoms with van der Waals surface area (Å²) in [5.41, 5.74) is 7.78. The number of methoxy groups -OCH3 is 1. The molecule has 0 saturated carbocycles. The van der Waals surface area contributed by atoms with Crippen molar-refractivity contribution >= 4 is 11.4 Å². The van der Waals surface area contributed by atoms with Gasteiger partial charge in [-0.2, -0.15) is 0 Å². The molecular weight excluding hydrogens is 440 g/mol. The number of aryl methyl sites for hydroxylation is 1. The predicted octanol–water partition coefficient (Wildman–Crippen LogP) is 8.07. The van der Waals surface area contributed by atoms with Crippen LogP contribution in [0.3, 0.4) is 0 Å². The maximum Gasteiger partial charge on any atom is 0.140 e. The van der Waals surface area contributed by atoms with E-state index in [1.807, 2.05) is 18.2 Å². The topological polar surface area (TPSA) is 26.3 Å². The number of ketones is 1. The van der Waals surface area contributed by atoms with Gasteiger partial charge in [0.15, 0.2) is 0 Å². The standard InChI is InChI=1S/C34H34O2/c1-3-24-10-7-8-14-30(24)31-15-9-13-26(31)18-21-34(35)33-23-28(25-11-5-4-6-12-25)22-32(33)27-16-19-29(36-2)20-17-27/h4-17,19-20,23,31-33H,3,18,21-22H2,1-2H3. The van der Waals surface area contributed by atoms with Crippen LogP contribution in [0.15, 0.2) is 109 Å². The van der Waals surface area contributed by atoms with E-state index in [0.29, 0.717) is 12.2 Å². The lowest BCUT2D eigenvalue weighted by Crippen LogP contribution is -2.18. The van der Waals surface area contributed by atoms with Gasteiger partial charge in [-0.15, -0.1) is 0 Å². The molecule has 0 spiro atoms. The zero-order valence-corrected chi connectivity index (χ0v) is 21.2. The largest absolute Gasteiger partial charge is 0.497 e. The second kappa shape index (κ2) is 11.0. The summed E-state index contributed by atoms with van der Waals surface area (Å²) in [7, 11) is 1.69. The van der Waals surface area contributed by atoms with Crippen molar-refractivity contribution in [3.63, 3.8) is 0 Å². The Morgan fingerprint density at radius 1 is 0.944 bits per heavy atom. The van der Waals surface area contributed by atoms with E-state index in [2.05, 4.69) is 91.9 Å². The number of hydrogen-bond donors (Lipinski definition) is 0. The number of hydrogen-bond acceptors (Lipinski definition) is 2. The van der Waals surface area contributed by atoms with Crippen LogP contribution in [0.1, 0.15) is 60.3 Å². The maximum absolute atomic E-state index is 13.7.